The van der Waals surface area contributed by atoms with Crippen LogP contribution in [-0.2, 0) is 4.79 Å². The number of thioether (sulfide) groups is 1. The Kier molecular flexibility index (Phi) is 4.57. The normalized spacial score (nSPS) is 17.2. The Labute approximate surface area is 155 Å². The van der Waals surface area contributed by atoms with E-state index in [1.54, 1.807) is 23.4 Å². The van der Waals surface area contributed by atoms with Gasteiger partial charge in [-0.05, 0) is 54.2 Å². The topological polar surface area (TPSA) is 58.5 Å². The molecule has 1 amide bonds. The number of carbonyl (C=O) groups excluding carboxylic acids is 1. The molecule has 1 saturated heterocycles. The van der Waals surface area contributed by atoms with Crippen LogP contribution in [0.2, 0.25) is 0 Å². The zero-order valence-electron chi connectivity index (χ0n) is 13.7. The summed E-state index contributed by atoms with van der Waals surface area (Å²) in [6, 6.07) is 20.6. The highest BCUT2D eigenvalue weighted by atomic mass is 32.2. The van der Waals surface area contributed by atoms with Crippen molar-refractivity contribution in [3.8, 4) is 0 Å². The molecule has 0 bridgehead atoms. The van der Waals surface area contributed by atoms with Gasteiger partial charge in [-0.3, -0.25) is 14.7 Å². The molecule has 1 aliphatic heterocycles. The molecule has 0 saturated carbocycles. The van der Waals surface area contributed by atoms with E-state index in [1.165, 1.54) is 11.8 Å². The summed E-state index contributed by atoms with van der Waals surface area (Å²) < 4.78 is 0. The monoisotopic (exact) mass is 358 g/mol. The lowest BCUT2D eigenvalue weighted by atomic mass is 10.2. The average molecular weight is 358 g/mol. The molecule has 3 aromatic rings. The van der Waals surface area contributed by atoms with E-state index < -0.39 is 0 Å². The van der Waals surface area contributed by atoms with E-state index in [0.717, 1.165) is 11.4 Å². The third kappa shape index (κ3) is 3.41. The van der Waals surface area contributed by atoms with E-state index in [2.05, 4.69) is 15.0 Å². The summed E-state index contributed by atoms with van der Waals surface area (Å²) in [7, 11) is 0. The minimum Gasteiger partial charge on any atom is -0.268 e. The number of anilines is 1. The summed E-state index contributed by atoms with van der Waals surface area (Å²) in [5.74, 6) is 0.435. The molecule has 1 aromatic carbocycles. The van der Waals surface area contributed by atoms with Crippen LogP contribution >= 0.6 is 11.8 Å². The van der Waals surface area contributed by atoms with Crippen molar-refractivity contribution in [3.63, 3.8) is 0 Å². The van der Waals surface area contributed by atoms with Crippen LogP contribution in [0.15, 0.2) is 89.0 Å². The third-order valence-electron chi connectivity index (χ3n) is 3.65. The maximum Gasteiger partial charge on any atom is 0.271 e. The van der Waals surface area contributed by atoms with Gasteiger partial charge in [-0.25, -0.2) is 9.98 Å². The summed E-state index contributed by atoms with van der Waals surface area (Å²) in [4.78, 5) is 28.3. The fourth-order valence-electron chi connectivity index (χ4n) is 2.47. The second kappa shape index (κ2) is 7.33. The van der Waals surface area contributed by atoms with Gasteiger partial charge in [-0.15, -0.1) is 0 Å². The van der Waals surface area contributed by atoms with Crippen molar-refractivity contribution < 1.29 is 4.79 Å². The minimum atomic E-state index is -0.124. The van der Waals surface area contributed by atoms with E-state index in [0.29, 0.717) is 15.9 Å². The lowest BCUT2D eigenvalue weighted by Crippen LogP contribution is -2.28. The smallest absolute Gasteiger partial charge is 0.268 e. The first-order chi connectivity index (χ1) is 12.8. The number of carbonyl (C=O) groups is 1. The van der Waals surface area contributed by atoms with E-state index in [-0.39, 0.29) is 5.91 Å². The predicted molar refractivity (Wildman–Crippen MR) is 105 cm³/mol. The number of aromatic nitrogens is 2. The van der Waals surface area contributed by atoms with Crippen LogP contribution in [0.1, 0.15) is 5.69 Å². The number of rotatable bonds is 3. The van der Waals surface area contributed by atoms with Crippen LogP contribution < -0.4 is 4.90 Å². The van der Waals surface area contributed by atoms with Gasteiger partial charge in [0.15, 0.2) is 11.0 Å². The van der Waals surface area contributed by atoms with Crippen LogP contribution in [0, 0.1) is 0 Å². The maximum atomic E-state index is 13.0. The fraction of sp³-hybridized carbons (Fsp3) is 0. The Morgan fingerprint density at radius 3 is 2.31 bits per heavy atom. The molecule has 4 rings (SSSR count). The standard InChI is InChI=1S/C20H14N4OS/c25-19-17(14-15-8-4-6-12-21-15)26-20(23-18-11-5-7-13-22-18)24(19)16-9-2-1-3-10-16/h1-14H/b17-14-,23-20+. The highest BCUT2D eigenvalue weighted by Gasteiger charge is 2.34. The zero-order valence-corrected chi connectivity index (χ0v) is 14.5. The summed E-state index contributed by atoms with van der Waals surface area (Å²) in [5.41, 5.74) is 1.50. The number of para-hydroxylation sites is 1. The Hall–Kier alpha value is -3.25. The molecule has 26 heavy (non-hydrogen) atoms. The quantitative estimate of drug-likeness (QED) is 0.656. The van der Waals surface area contributed by atoms with Gasteiger partial charge < -0.3 is 0 Å². The first-order valence-electron chi connectivity index (χ1n) is 8.01. The Morgan fingerprint density at radius 2 is 1.62 bits per heavy atom. The molecule has 0 N–H and O–H groups in total. The van der Waals surface area contributed by atoms with Crippen LogP contribution in [0.3, 0.4) is 0 Å². The van der Waals surface area contributed by atoms with Crippen molar-refractivity contribution in [3.05, 3.63) is 89.7 Å². The molecule has 3 heterocycles. The van der Waals surface area contributed by atoms with Crippen molar-refractivity contribution >= 4 is 40.4 Å². The molecular formula is C20H14N4OS. The van der Waals surface area contributed by atoms with E-state index in [1.807, 2.05) is 66.7 Å². The zero-order chi connectivity index (χ0) is 17.8. The lowest BCUT2D eigenvalue weighted by molar-refractivity contribution is -0.113. The Bertz CT molecular complexity index is 972. The fourth-order valence-corrected chi connectivity index (χ4v) is 3.44. The van der Waals surface area contributed by atoms with E-state index >= 15 is 0 Å². The van der Waals surface area contributed by atoms with Gasteiger partial charge in [0, 0.05) is 12.4 Å². The number of benzene rings is 1. The van der Waals surface area contributed by atoms with Crippen molar-refractivity contribution in [1.29, 1.82) is 0 Å². The number of amidine groups is 1. The molecule has 0 spiro atoms. The lowest BCUT2D eigenvalue weighted by Gasteiger charge is -2.15. The van der Waals surface area contributed by atoms with Crippen LogP contribution in [-0.4, -0.2) is 21.0 Å². The van der Waals surface area contributed by atoms with Gasteiger partial charge in [0.1, 0.15) is 0 Å². The first kappa shape index (κ1) is 16.2. The Morgan fingerprint density at radius 1 is 0.885 bits per heavy atom. The molecule has 126 valence electrons. The second-order valence-corrected chi connectivity index (χ2v) is 6.43. The molecular weight excluding hydrogens is 344 g/mol. The largest absolute Gasteiger partial charge is 0.271 e. The Balaban J connectivity index is 1.77. The molecule has 0 atom stereocenters. The molecule has 0 aliphatic carbocycles. The molecule has 2 aromatic heterocycles. The number of hydrogen-bond acceptors (Lipinski definition) is 5. The van der Waals surface area contributed by atoms with Crippen molar-refractivity contribution in [1.82, 2.24) is 9.97 Å². The summed E-state index contributed by atoms with van der Waals surface area (Å²) >= 11 is 1.32. The van der Waals surface area contributed by atoms with Crippen molar-refractivity contribution in [2.24, 2.45) is 4.99 Å². The number of pyridine rings is 2. The van der Waals surface area contributed by atoms with E-state index in [9.17, 15) is 4.79 Å². The minimum absolute atomic E-state index is 0.124. The third-order valence-corrected chi connectivity index (χ3v) is 4.62. The van der Waals surface area contributed by atoms with Crippen molar-refractivity contribution in [2.45, 2.75) is 0 Å². The average Bonchev–Trinajstić information content (AvgIpc) is 2.99. The highest BCUT2D eigenvalue weighted by Crippen LogP contribution is 2.36. The number of hydrogen-bond donors (Lipinski definition) is 0. The van der Waals surface area contributed by atoms with Gasteiger partial charge in [0.25, 0.3) is 5.91 Å². The summed E-state index contributed by atoms with van der Waals surface area (Å²) in [6.45, 7) is 0. The number of aliphatic imine (C=N–C) groups is 1. The second-order valence-electron chi connectivity index (χ2n) is 5.42. The van der Waals surface area contributed by atoms with Gasteiger partial charge >= 0.3 is 0 Å². The van der Waals surface area contributed by atoms with Gasteiger partial charge in [-0.1, -0.05) is 30.3 Å². The van der Waals surface area contributed by atoms with Crippen LogP contribution in [0.4, 0.5) is 11.5 Å². The van der Waals surface area contributed by atoms with Gasteiger partial charge in [0.05, 0.1) is 16.3 Å². The van der Waals surface area contributed by atoms with E-state index in [4.69, 9.17) is 0 Å². The molecule has 5 nitrogen and oxygen atoms in total. The summed E-state index contributed by atoms with van der Waals surface area (Å²) in [5, 5.41) is 0.571. The predicted octanol–water partition coefficient (Wildman–Crippen LogP) is 4.29. The van der Waals surface area contributed by atoms with Gasteiger partial charge in [-0.2, -0.15) is 0 Å². The molecule has 0 radical (unpaired) electrons. The van der Waals surface area contributed by atoms with Crippen molar-refractivity contribution in [2.75, 3.05) is 4.90 Å². The highest BCUT2D eigenvalue weighted by molar-refractivity contribution is 8.19. The number of amides is 1. The van der Waals surface area contributed by atoms with Crippen LogP contribution in [0.5, 0.6) is 0 Å². The maximum absolute atomic E-state index is 13.0. The molecule has 0 unspecified atom stereocenters. The SMILES string of the molecule is O=C1/C(=C/c2ccccn2)S/C(=N/c2ccccn2)N1c1ccccc1. The molecule has 6 heteroatoms. The van der Waals surface area contributed by atoms with Gasteiger partial charge in [0.2, 0.25) is 0 Å². The van der Waals surface area contributed by atoms with Crippen LogP contribution in [0.25, 0.3) is 6.08 Å². The molecule has 1 fully saturated rings. The number of nitrogens with zero attached hydrogens (tertiary/aromatic N) is 4. The molecule has 1 aliphatic rings. The first-order valence-corrected chi connectivity index (χ1v) is 8.83. The summed E-state index contributed by atoms with van der Waals surface area (Å²) in [6.07, 6.45) is 5.16.